The van der Waals surface area contributed by atoms with E-state index in [-0.39, 0.29) is 29.6 Å². The van der Waals surface area contributed by atoms with E-state index in [9.17, 15) is 14.8 Å². The number of nitrogens with zero attached hydrogens (tertiary/aromatic N) is 1. The summed E-state index contributed by atoms with van der Waals surface area (Å²) >= 11 is 3.48. The Hall–Kier alpha value is -3.50. The van der Waals surface area contributed by atoms with Crippen LogP contribution in [-0.4, -0.2) is 5.11 Å². The van der Waals surface area contributed by atoms with Crippen molar-refractivity contribution in [3.8, 4) is 23.3 Å². The molecule has 7 heteroatoms. The van der Waals surface area contributed by atoms with Crippen LogP contribution in [0.15, 0.2) is 76.6 Å². The first-order valence-corrected chi connectivity index (χ1v) is 9.82. The van der Waals surface area contributed by atoms with E-state index in [1.807, 2.05) is 12.1 Å². The summed E-state index contributed by atoms with van der Waals surface area (Å²) in [4.78, 5) is 0. The molecule has 0 spiro atoms. The van der Waals surface area contributed by atoms with Gasteiger partial charge in [0, 0.05) is 21.7 Å². The molecule has 1 heterocycles. The van der Waals surface area contributed by atoms with E-state index in [0.29, 0.717) is 22.6 Å². The van der Waals surface area contributed by atoms with Crippen LogP contribution >= 0.6 is 15.9 Å². The Morgan fingerprint density at radius 3 is 2.60 bits per heavy atom. The first-order chi connectivity index (χ1) is 14.5. The minimum absolute atomic E-state index is 0.0231. The molecular weight excluding hydrogens is 451 g/mol. The molecule has 0 fully saturated rings. The molecule has 3 N–H and O–H groups in total. The topological polar surface area (TPSA) is 88.5 Å². The third-order valence-electron chi connectivity index (χ3n) is 4.79. The number of hydrogen-bond acceptors (Lipinski definition) is 5. The zero-order valence-electron chi connectivity index (χ0n) is 15.6. The minimum Gasteiger partial charge on any atom is -0.508 e. The van der Waals surface area contributed by atoms with Gasteiger partial charge in [0.25, 0.3) is 0 Å². The number of allylic oxidation sites excluding steroid dienone is 1. The van der Waals surface area contributed by atoms with Gasteiger partial charge in [0.1, 0.15) is 41.3 Å². The third kappa shape index (κ3) is 3.82. The van der Waals surface area contributed by atoms with Crippen LogP contribution in [-0.2, 0) is 6.61 Å². The Morgan fingerprint density at radius 2 is 1.87 bits per heavy atom. The zero-order chi connectivity index (χ0) is 21.3. The van der Waals surface area contributed by atoms with E-state index >= 15 is 0 Å². The van der Waals surface area contributed by atoms with Crippen LogP contribution in [0, 0.1) is 17.1 Å². The number of fused-ring (bicyclic) bond motifs is 1. The molecule has 0 aromatic heterocycles. The molecule has 0 saturated carbocycles. The molecule has 0 radical (unpaired) electrons. The average molecular weight is 467 g/mol. The van der Waals surface area contributed by atoms with Crippen LogP contribution in [0.5, 0.6) is 17.2 Å². The summed E-state index contributed by atoms with van der Waals surface area (Å²) in [7, 11) is 0. The van der Waals surface area contributed by atoms with Gasteiger partial charge >= 0.3 is 0 Å². The molecular formula is C23H16BrFN2O3. The van der Waals surface area contributed by atoms with Gasteiger partial charge in [0.2, 0.25) is 5.88 Å². The van der Waals surface area contributed by atoms with Crippen LogP contribution in [0.25, 0.3) is 0 Å². The monoisotopic (exact) mass is 466 g/mol. The molecule has 1 aliphatic rings. The number of benzene rings is 3. The number of ether oxygens (including phenoxy) is 2. The number of aromatic hydroxyl groups is 1. The highest BCUT2D eigenvalue weighted by atomic mass is 79.9. The van der Waals surface area contributed by atoms with Gasteiger partial charge in [0.15, 0.2) is 0 Å². The van der Waals surface area contributed by atoms with Gasteiger partial charge in [0.05, 0.1) is 5.92 Å². The van der Waals surface area contributed by atoms with Crippen molar-refractivity contribution in [3.63, 3.8) is 0 Å². The number of hydrogen-bond donors (Lipinski definition) is 2. The number of nitrogens with two attached hydrogens (primary N) is 1. The highest BCUT2D eigenvalue weighted by Crippen LogP contribution is 2.46. The molecule has 0 amide bonds. The van der Waals surface area contributed by atoms with Crippen molar-refractivity contribution >= 4 is 15.9 Å². The second-order valence-electron chi connectivity index (χ2n) is 6.74. The molecule has 0 bridgehead atoms. The molecule has 0 unspecified atom stereocenters. The lowest BCUT2D eigenvalue weighted by Crippen LogP contribution is -2.21. The van der Waals surface area contributed by atoms with Crippen molar-refractivity contribution < 1.29 is 19.0 Å². The van der Waals surface area contributed by atoms with Crippen LogP contribution in [0.2, 0.25) is 0 Å². The van der Waals surface area contributed by atoms with Crippen molar-refractivity contribution in [2.75, 3.05) is 0 Å². The Kier molecular flexibility index (Phi) is 5.34. The van der Waals surface area contributed by atoms with Gasteiger partial charge in [-0.25, -0.2) is 4.39 Å². The van der Waals surface area contributed by atoms with Gasteiger partial charge in [-0.3, -0.25) is 0 Å². The first kappa shape index (κ1) is 19.8. The minimum atomic E-state index is -0.542. The highest BCUT2D eigenvalue weighted by Gasteiger charge is 2.33. The van der Waals surface area contributed by atoms with Crippen LogP contribution in [0.1, 0.15) is 22.6 Å². The molecule has 150 valence electrons. The second-order valence-corrected chi connectivity index (χ2v) is 7.66. The zero-order valence-corrected chi connectivity index (χ0v) is 17.2. The molecule has 30 heavy (non-hydrogen) atoms. The van der Waals surface area contributed by atoms with Crippen molar-refractivity contribution in [3.05, 3.63) is 99.1 Å². The van der Waals surface area contributed by atoms with Crippen LogP contribution in [0.4, 0.5) is 4.39 Å². The van der Waals surface area contributed by atoms with Gasteiger partial charge in [-0.2, -0.15) is 5.26 Å². The average Bonchev–Trinajstić information content (AvgIpc) is 2.73. The van der Waals surface area contributed by atoms with E-state index in [2.05, 4.69) is 22.0 Å². The number of nitriles is 1. The molecule has 0 aliphatic carbocycles. The summed E-state index contributed by atoms with van der Waals surface area (Å²) in [5.74, 6) is 0.0761. The normalized spacial score (nSPS) is 15.2. The Balaban J connectivity index is 1.78. The fraction of sp³-hybridized carbons (Fsp3) is 0.0870. The summed E-state index contributed by atoms with van der Waals surface area (Å²) in [6.45, 7) is 0.224. The van der Waals surface area contributed by atoms with E-state index in [1.165, 1.54) is 24.3 Å². The maximum atomic E-state index is 13.2. The lowest BCUT2D eigenvalue weighted by atomic mass is 9.83. The molecule has 3 aromatic carbocycles. The second kappa shape index (κ2) is 8.09. The fourth-order valence-electron chi connectivity index (χ4n) is 3.38. The standard InChI is InChI=1S/C23H16BrFN2O3/c24-14-3-8-20(29-12-13-1-4-15(25)5-2-13)18(9-14)22-17-7-6-16(28)10-21(17)30-23(27)19(22)11-26/h1-10,22,28H,12,27H2/t22-/m0/s1. The van der Waals surface area contributed by atoms with E-state index in [4.69, 9.17) is 15.2 Å². The molecule has 3 aromatic rings. The number of phenols is 1. The summed E-state index contributed by atoms with van der Waals surface area (Å²) in [6, 6.07) is 18.4. The maximum absolute atomic E-state index is 13.2. The summed E-state index contributed by atoms with van der Waals surface area (Å²) < 4.78 is 25.6. The molecule has 4 rings (SSSR count). The van der Waals surface area contributed by atoms with Crippen molar-refractivity contribution in [2.24, 2.45) is 5.73 Å². The SMILES string of the molecule is N#CC1=C(N)Oc2cc(O)ccc2[C@H]1c1cc(Br)ccc1OCc1ccc(F)cc1. The van der Waals surface area contributed by atoms with Crippen molar-refractivity contribution in [1.29, 1.82) is 5.26 Å². The largest absolute Gasteiger partial charge is 0.508 e. The maximum Gasteiger partial charge on any atom is 0.205 e. The molecule has 5 nitrogen and oxygen atoms in total. The molecule has 1 aliphatic heterocycles. The molecule has 1 atom stereocenters. The predicted molar refractivity (Wildman–Crippen MR) is 112 cm³/mol. The smallest absolute Gasteiger partial charge is 0.205 e. The number of phenolic OH excluding ortho intramolecular Hbond substituents is 1. The fourth-order valence-corrected chi connectivity index (χ4v) is 3.76. The number of halogens is 2. The quantitative estimate of drug-likeness (QED) is 0.558. The van der Waals surface area contributed by atoms with E-state index in [1.54, 1.807) is 24.3 Å². The van der Waals surface area contributed by atoms with Gasteiger partial charge in [-0.1, -0.05) is 34.1 Å². The lowest BCUT2D eigenvalue weighted by molar-refractivity contribution is 0.301. The first-order valence-electron chi connectivity index (χ1n) is 9.03. The van der Waals surface area contributed by atoms with Gasteiger partial charge < -0.3 is 20.3 Å². The van der Waals surface area contributed by atoms with Crippen molar-refractivity contribution in [1.82, 2.24) is 0 Å². The van der Waals surface area contributed by atoms with E-state index < -0.39 is 5.92 Å². The van der Waals surface area contributed by atoms with Gasteiger partial charge in [-0.05, 0) is 42.0 Å². The van der Waals surface area contributed by atoms with Gasteiger partial charge in [-0.15, -0.1) is 0 Å². The third-order valence-corrected chi connectivity index (χ3v) is 5.29. The Bertz CT molecular complexity index is 1190. The van der Waals surface area contributed by atoms with Crippen LogP contribution in [0.3, 0.4) is 0 Å². The predicted octanol–water partition coefficient (Wildman–Crippen LogP) is 5.09. The van der Waals surface area contributed by atoms with Crippen molar-refractivity contribution in [2.45, 2.75) is 12.5 Å². The molecule has 0 saturated heterocycles. The summed E-state index contributed by atoms with van der Waals surface area (Å²) in [5.41, 5.74) is 8.46. The van der Waals surface area contributed by atoms with Crippen LogP contribution < -0.4 is 15.2 Å². The summed E-state index contributed by atoms with van der Waals surface area (Å²) in [5, 5.41) is 19.6. The van der Waals surface area contributed by atoms with E-state index in [0.717, 1.165) is 10.0 Å². The Morgan fingerprint density at radius 1 is 1.10 bits per heavy atom. The highest BCUT2D eigenvalue weighted by molar-refractivity contribution is 9.10. The lowest BCUT2D eigenvalue weighted by Gasteiger charge is -2.28. The number of rotatable bonds is 4. The summed E-state index contributed by atoms with van der Waals surface area (Å²) in [6.07, 6.45) is 0. The Labute approximate surface area is 180 Å².